The topological polar surface area (TPSA) is 56.1 Å². The first-order chi connectivity index (χ1) is 10.0. The molecule has 0 amide bonds. The molecule has 1 aliphatic carbocycles. The highest BCUT2D eigenvalue weighted by Gasteiger charge is 2.27. The lowest BCUT2D eigenvalue weighted by Crippen LogP contribution is -2.36. The summed E-state index contributed by atoms with van der Waals surface area (Å²) in [5.74, 6) is 1.25. The van der Waals surface area contributed by atoms with E-state index in [-0.39, 0.29) is 10.6 Å². The quantitative estimate of drug-likeness (QED) is 0.908. The minimum absolute atomic E-state index is 0.214. The molecule has 1 aromatic heterocycles. The summed E-state index contributed by atoms with van der Waals surface area (Å²) in [4.78, 5) is 12.2. The average molecular weight is 314 g/mol. The van der Waals surface area contributed by atoms with Crippen LogP contribution in [-0.4, -0.2) is 29.5 Å². The molecule has 1 fully saturated rings. The number of hydrogen-bond donors (Lipinski definition) is 1. The minimum Gasteiger partial charge on any atom is -0.383 e. The zero-order chi connectivity index (χ0) is 15.4. The van der Waals surface area contributed by atoms with Crippen molar-refractivity contribution >= 4 is 17.3 Å². The van der Waals surface area contributed by atoms with Gasteiger partial charge in [0.25, 0.3) is 5.56 Å². The van der Waals surface area contributed by atoms with Gasteiger partial charge >= 0.3 is 0 Å². The van der Waals surface area contributed by atoms with Crippen molar-refractivity contribution in [2.45, 2.75) is 45.7 Å². The third-order valence-corrected chi connectivity index (χ3v) is 4.91. The van der Waals surface area contributed by atoms with E-state index in [1.165, 1.54) is 17.5 Å². The van der Waals surface area contributed by atoms with E-state index in [1.54, 1.807) is 13.3 Å². The summed E-state index contributed by atoms with van der Waals surface area (Å²) in [6.45, 7) is 5.38. The van der Waals surface area contributed by atoms with Gasteiger partial charge in [-0.1, -0.05) is 38.3 Å². The SMILES string of the molecule is COCCn1ncc(NC2CCCC(C)C2C)c(Cl)c1=O. The van der Waals surface area contributed by atoms with Crippen LogP contribution in [0.2, 0.25) is 5.02 Å². The van der Waals surface area contributed by atoms with E-state index in [0.29, 0.717) is 36.7 Å². The fourth-order valence-corrected chi connectivity index (χ4v) is 3.09. The molecule has 3 atom stereocenters. The second-order valence-corrected chi connectivity index (χ2v) is 6.29. The smallest absolute Gasteiger partial charge is 0.287 e. The highest BCUT2D eigenvalue weighted by atomic mass is 35.5. The molecule has 21 heavy (non-hydrogen) atoms. The van der Waals surface area contributed by atoms with Crippen LogP contribution in [0, 0.1) is 11.8 Å². The van der Waals surface area contributed by atoms with E-state index in [0.717, 1.165) is 6.42 Å². The van der Waals surface area contributed by atoms with Crippen molar-refractivity contribution in [1.82, 2.24) is 9.78 Å². The first kappa shape index (κ1) is 16.3. The monoisotopic (exact) mass is 313 g/mol. The zero-order valence-electron chi connectivity index (χ0n) is 12.9. The van der Waals surface area contributed by atoms with Gasteiger partial charge in [0.05, 0.1) is 25.0 Å². The molecule has 1 aliphatic rings. The Morgan fingerprint density at radius 3 is 2.95 bits per heavy atom. The summed E-state index contributed by atoms with van der Waals surface area (Å²) in [5.41, 5.74) is 0.372. The summed E-state index contributed by atoms with van der Waals surface area (Å²) in [5, 5.41) is 7.79. The second kappa shape index (κ2) is 7.27. The van der Waals surface area contributed by atoms with Crippen molar-refractivity contribution < 1.29 is 4.74 Å². The molecule has 1 aromatic rings. The van der Waals surface area contributed by atoms with Gasteiger partial charge in [-0.25, -0.2) is 4.68 Å². The Labute approximate surface area is 130 Å². The molecule has 0 radical (unpaired) electrons. The van der Waals surface area contributed by atoms with E-state index in [2.05, 4.69) is 24.3 Å². The maximum Gasteiger partial charge on any atom is 0.287 e. The Hall–Kier alpha value is -1.07. The van der Waals surface area contributed by atoms with Crippen LogP contribution in [0.1, 0.15) is 33.1 Å². The third-order valence-electron chi connectivity index (χ3n) is 4.54. The normalized spacial score (nSPS) is 25.8. The van der Waals surface area contributed by atoms with Gasteiger partial charge in [0.15, 0.2) is 0 Å². The number of aromatic nitrogens is 2. The fraction of sp³-hybridized carbons (Fsp3) is 0.733. The van der Waals surface area contributed by atoms with Crippen molar-refractivity contribution in [2.24, 2.45) is 11.8 Å². The Kier molecular flexibility index (Phi) is 5.65. The highest BCUT2D eigenvalue weighted by Crippen LogP contribution is 2.32. The molecule has 1 saturated carbocycles. The molecule has 3 unspecified atom stereocenters. The number of methoxy groups -OCH3 is 1. The van der Waals surface area contributed by atoms with Gasteiger partial charge in [0.1, 0.15) is 5.02 Å². The average Bonchev–Trinajstić information content (AvgIpc) is 2.48. The van der Waals surface area contributed by atoms with Gasteiger partial charge in [0.2, 0.25) is 0 Å². The second-order valence-electron chi connectivity index (χ2n) is 5.91. The first-order valence-corrected chi connectivity index (χ1v) is 7.93. The number of nitrogens with zero attached hydrogens (tertiary/aromatic N) is 2. The van der Waals surface area contributed by atoms with E-state index >= 15 is 0 Å². The molecule has 0 saturated heterocycles. The van der Waals surface area contributed by atoms with Crippen molar-refractivity contribution in [3.05, 3.63) is 21.6 Å². The Balaban J connectivity index is 2.14. The van der Waals surface area contributed by atoms with E-state index in [9.17, 15) is 4.79 Å². The van der Waals surface area contributed by atoms with Gasteiger partial charge in [-0.2, -0.15) is 5.10 Å². The summed E-state index contributed by atoms with van der Waals surface area (Å²) in [6, 6.07) is 0.349. The number of ether oxygens (including phenoxy) is 1. The molecule has 0 aliphatic heterocycles. The van der Waals surface area contributed by atoms with Crippen LogP contribution in [0.5, 0.6) is 0 Å². The van der Waals surface area contributed by atoms with Crippen LogP contribution in [0.3, 0.4) is 0 Å². The minimum atomic E-state index is -0.268. The molecule has 6 heteroatoms. The standard InChI is InChI=1S/C15H24ClN3O2/c1-10-5-4-6-12(11(10)2)18-13-9-17-19(7-8-21-3)15(20)14(13)16/h9-12,18H,4-8H2,1-3H3. The maximum atomic E-state index is 12.2. The van der Waals surface area contributed by atoms with Gasteiger partial charge in [0, 0.05) is 13.2 Å². The number of halogens is 1. The summed E-state index contributed by atoms with van der Waals surface area (Å²) < 4.78 is 6.30. The number of anilines is 1. The summed E-state index contributed by atoms with van der Waals surface area (Å²) >= 11 is 6.20. The lowest BCUT2D eigenvalue weighted by atomic mass is 9.78. The van der Waals surface area contributed by atoms with Crippen molar-refractivity contribution in [2.75, 3.05) is 19.0 Å². The van der Waals surface area contributed by atoms with Crippen LogP contribution in [0.15, 0.2) is 11.0 Å². The van der Waals surface area contributed by atoms with E-state index < -0.39 is 0 Å². The molecule has 1 N–H and O–H groups in total. The van der Waals surface area contributed by atoms with Crippen molar-refractivity contribution in [3.63, 3.8) is 0 Å². The van der Waals surface area contributed by atoms with E-state index in [1.807, 2.05) is 0 Å². The number of rotatable bonds is 5. The maximum absolute atomic E-state index is 12.2. The Morgan fingerprint density at radius 2 is 2.24 bits per heavy atom. The first-order valence-electron chi connectivity index (χ1n) is 7.55. The van der Waals surface area contributed by atoms with Crippen LogP contribution in [-0.2, 0) is 11.3 Å². The molecule has 118 valence electrons. The van der Waals surface area contributed by atoms with E-state index in [4.69, 9.17) is 16.3 Å². The molecule has 5 nitrogen and oxygen atoms in total. The van der Waals surface area contributed by atoms with Crippen LogP contribution in [0.25, 0.3) is 0 Å². The van der Waals surface area contributed by atoms with Crippen LogP contribution >= 0.6 is 11.6 Å². The Bertz CT molecular complexity index is 532. The summed E-state index contributed by atoms with van der Waals surface area (Å²) in [6.07, 6.45) is 5.23. The zero-order valence-corrected chi connectivity index (χ0v) is 13.7. The summed E-state index contributed by atoms with van der Waals surface area (Å²) in [7, 11) is 1.59. The van der Waals surface area contributed by atoms with Crippen LogP contribution in [0.4, 0.5) is 5.69 Å². The van der Waals surface area contributed by atoms with Gasteiger partial charge < -0.3 is 10.1 Å². The molecular weight excluding hydrogens is 290 g/mol. The molecule has 0 spiro atoms. The fourth-order valence-electron chi connectivity index (χ4n) is 2.89. The molecule has 0 bridgehead atoms. The molecular formula is C15H24ClN3O2. The molecule has 0 aromatic carbocycles. The molecule has 1 heterocycles. The van der Waals surface area contributed by atoms with Crippen LogP contribution < -0.4 is 10.9 Å². The predicted octanol–water partition coefficient (Wildman–Crippen LogP) is 2.78. The lowest BCUT2D eigenvalue weighted by molar-refractivity contribution is 0.182. The van der Waals surface area contributed by atoms with Crippen molar-refractivity contribution in [1.29, 1.82) is 0 Å². The predicted molar refractivity (Wildman–Crippen MR) is 85.0 cm³/mol. The highest BCUT2D eigenvalue weighted by molar-refractivity contribution is 6.32. The Morgan fingerprint density at radius 1 is 1.48 bits per heavy atom. The third kappa shape index (κ3) is 3.77. The van der Waals surface area contributed by atoms with Gasteiger partial charge in [-0.3, -0.25) is 4.79 Å². The number of hydrogen-bond acceptors (Lipinski definition) is 4. The van der Waals surface area contributed by atoms with Crippen molar-refractivity contribution in [3.8, 4) is 0 Å². The van der Waals surface area contributed by atoms with Gasteiger partial charge in [-0.15, -0.1) is 0 Å². The number of nitrogens with one attached hydrogen (secondary N) is 1. The van der Waals surface area contributed by atoms with Gasteiger partial charge in [-0.05, 0) is 18.3 Å². The molecule has 2 rings (SSSR count). The largest absolute Gasteiger partial charge is 0.383 e. The lowest BCUT2D eigenvalue weighted by Gasteiger charge is -2.35.